The van der Waals surface area contributed by atoms with Crippen molar-refractivity contribution in [2.45, 2.75) is 19.3 Å². The van der Waals surface area contributed by atoms with Gasteiger partial charge in [-0.05, 0) is 66.1 Å². The highest BCUT2D eigenvalue weighted by Gasteiger charge is 2.21. The molecule has 0 unspecified atom stereocenters. The van der Waals surface area contributed by atoms with E-state index in [1.165, 1.54) is 10.6 Å². The number of ether oxygens (including phenoxy) is 1. The van der Waals surface area contributed by atoms with Crippen molar-refractivity contribution in [3.05, 3.63) is 118 Å². The number of halogens is 1. The molecule has 0 amide bonds. The van der Waals surface area contributed by atoms with E-state index in [4.69, 9.17) is 10.5 Å². The lowest BCUT2D eigenvalue weighted by Crippen LogP contribution is -2.18. The van der Waals surface area contributed by atoms with Gasteiger partial charge in [0.25, 0.3) is 5.56 Å². The van der Waals surface area contributed by atoms with Crippen LogP contribution in [0.1, 0.15) is 28.9 Å². The van der Waals surface area contributed by atoms with E-state index < -0.39 is 5.82 Å². The van der Waals surface area contributed by atoms with Gasteiger partial charge in [-0.1, -0.05) is 36.4 Å². The van der Waals surface area contributed by atoms with Crippen LogP contribution in [0.4, 0.5) is 4.39 Å². The summed E-state index contributed by atoms with van der Waals surface area (Å²) in [5.41, 5.74) is 9.51. The summed E-state index contributed by atoms with van der Waals surface area (Å²) in [5, 5.41) is 9.69. The topological polar surface area (TPSA) is 106 Å². The van der Waals surface area contributed by atoms with Crippen LogP contribution in [0.3, 0.4) is 0 Å². The first-order chi connectivity index (χ1) is 18.0. The van der Waals surface area contributed by atoms with Gasteiger partial charge in [0, 0.05) is 19.0 Å². The number of phenolic OH excluding ortho intramolecular Hbond substituents is 1. The van der Waals surface area contributed by atoms with Crippen molar-refractivity contribution in [2.75, 3.05) is 13.2 Å². The van der Waals surface area contributed by atoms with Crippen LogP contribution in [0.15, 0.2) is 83.8 Å². The summed E-state index contributed by atoms with van der Waals surface area (Å²) in [6, 6.07) is 21.3. The number of aromatic hydroxyl groups is 1. The molecule has 0 aromatic heterocycles. The summed E-state index contributed by atoms with van der Waals surface area (Å²) in [7, 11) is 0. The lowest BCUT2D eigenvalue weighted by molar-refractivity contribution is 0.297. The van der Waals surface area contributed by atoms with Crippen LogP contribution < -0.4 is 16.0 Å². The van der Waals surface area contributed by atoms with E-state index in [9.17, 15) is 14.3 Å². The fourth-order valence-corrected chi connectivity index (χ4v) is 4.23. The van der Waals surface area contributed by atoms with Gasteiger partial charge in [-0.25, -0.2) is 9.37 Å². The van der Waals surface area contributed by atoms with Gasteiger partial charge in [0.1, 0.15) is 11.4 Å². The number of aromatic amines is 1. The lowest BCUT2D eigenvalue weighted by Gasteiger charge is -2.13. The largest absolute Gasteiger partial charge is 0.508 e. The molecule has 8 heteroatoms. The molecule has 0 bridgehead atoms. The maximum Gasteiger partial charge on any atom is 0.278 e. The number of hydrogen-bond donors (Lipinski definition) is 3. The second kappa shape index (κ2) is 10.7. The Labute approximate surface area is 213 Å². The SMILES string of the molecule is NCCCOc1ccc(Cc2nc3c(Cc4ccccc4)[nH]c(-c4ccc(O)cc4)cn-3c2=O)cc1F. The molecule has 37 heavy (non-hydrogen) atoms. The number of nitrogens with two attached hydrogens (primary N) is 1. The Morgan fingerprint density at radius 3 is 2.51 bits per heavy atom. The summed E-state index contributed by atoms with van der Waals surface area (Å²) in [4.78, 5) is 21.5. The van der Waals surface area contributed by atoms with Crippen molar-refractivity contribution in [3.63, 3.8) is 0 Å². The Bertz CT molecular complexity index is 1530. The van der Waals surface area contributed by atoms with Gasteiger partial charge in [0.15, 0.2) is 17.4 Å². The average Bonchev–Trinajstić information content (AvgIpc) is 3.22. The Balaban J connectivity index is 1.52. The van der Waals surface area contributed by atoms with Gasteiger partial charge >= 0.3 is 0 Å². The Hall–Kier alpha value is -4.43. The zero-order valence-electron chi connectivity index (χ0n) is 20.2. The maximum absolute atomic E-state index is 14.6. The van der Waals surface area contributed by atoms with E-state index in [1.54, 1.807) is 42.6 Å². The number of benzene rings is 3. The first-order valence-electron chi connectivity index (χ1n) is 12.1. The number of phenols is 1. The molecular formula is C29H27FN4O3. The molecule has 3 aromatic carbocycles. The van der Waals surface area contributed by atoms with Gasteiger partial charge < -0.3 is 20.6 Å². The van der Waals surface area contributed by atoms with Crippen molar-refractivity contribution < 1.29 is 14.2 Å². The van der Waals surface area contributed by atoms with Gasteiger partial charge in [0.2, 0.25) is 0 Å². The predicted octanol–water partition coefficient (Wildman–Crippen LogP) is 4.42. The zero-order valence-corrected chi connectivity index (χ0v) is 20.2. The Morgan fingerprint density at radius 2 is 1.78 bits per heavy atom. The molecule has 2 heterocycles. The van der Waals surface area contributed by atoms with Crippen molar-refractivity contribution in [1.29, 1.82) is 0 Å². The number of rotatable bonds is 9. The van der Waals surface area contributed by atoms with Crippen LogP contribution in [0.25, 0.3) is 17.1 Å². The predicted molar refractivity (Wildman–Crippen MR) is 140 cm³/mol. The molecule has 4 N–H and O–H groups in total. The van der Waals surface area contributed by atoms with Gasteiger partial charge in [-0.3, -0.25) is 9.36 Å². The normalized spacial score (nSPS) is 11.2. The molecule has 0 atom stereocenters. The number of aromatic nitrogens is 3. The highest BCUT2D eigenvalue weighted by Crippen LogP contribution is 2.26. The number of nitrogens with one attached hydrogen (secondary N) is 1. The van der Waals surface area contributed by atoms with Crippen LogP contribution in [-0.2, 0) is 12.8 Å². The number of imidazole rings is 1. The molecule has 5 rings (SSSR count). The second-order valence-electron chi connectivity index (χ2n) is 8.85. The highest BCUT2D eigenvalue weighted by atomic mass is 19.1. The van der Waals surface area contributed by atoms with Crippen LogP contribution in [0, 0.1) is 5.82 Å². The van der Waals surface area contributed by atoms with Crippen LogP contribution in [0.2, 0.25) is 0 Å². The molecule has 0 fully saturated rings. The van der Waals surface area contributed by atoms with Crippen LogP contribution in [0.5, 0.6) is 11.5 Å². The summed E-state index contributed by atoms with van der Waals surface area (Å²) in [6.07, 6.45) is 3.07. The summed E-state index contributed by atoms with van der Waals surface area (Å²) in [6.45, 7) is 0.811. The van der Waals surface area contributed by atoms with Crippen LogP contribution in [-0.4, -0.2) is 32.8 Å². The van der Waals surface area contributed by atoms with Gasteiger partial charge in [0.05, 0.1) is 18.0 Å². The van der Waals surface area contributed by atoms with E-state index in [-0.39, 0.29) is 23.5 Å². The molecule has 2 aliphatic heterocycles. The minimum atomic E-state index is -0.488. The van der Waals surface area contributed by atoms with Gasteiger partial charge in [-0.15, -0.1) is 0 Å². The Kier molecular flexibility index (Phi) is 7.00. The monoisotopic (exact) mass is 498 g/mol. The fraction of sp³-hybridized carbons (Fsp3) is 0.172. The van der Waals surface area contributed by atoms with E-state index in [0.717, 1.165) is 16.8 Å². The number of H-pyrrole nitrogens is 1. The van der Waals surface area contributed by atoms with Crippen molar-refractivity contribution >= 4 is 0 Å². The van der Waals surface area contributed by atoms with E-state index in [0.29, 0.717) is 48.8 Å². The summed E-state index contributed by atoms with van der Waals surface area (Å²) < 4.78 is 21.5. The molecule has 7 nitrogen and oxygen atoms in total. The molecule has 0 saturated heterocycles. The quantitative estimate of drug-likeness (QED) is 0.261. The molecule has 3 aromatic rings. The maximum atomic E-state index is 14.6. The molecule has 0 saturated carbocycles. The average molecular weight is 499 g/mol. The van der Waals surface area contributed by atoms with E-state index in [2.05, 4.69) is 9.97 Å². The standard InChI is InChI=1S/C29H27FN4O3/c30-23-15-20(7-12-27(23)37-14-4-13-31)17-25-29(36)34-18-26(21-8-10-22(35)11-9-21)32-24(28(34)33-25)16-19-5-2-1-3-6-19/h1-3,5-12,15,18,32,35H,4,13-14,16-17,31H2. The highest BCUT2D eigenvalue weighted by molar-refractivity contribution is 5.61. The molecule has 188 valence electrons. The third-order valence-corrected chi connectivity index (χ3v) is 6.12. The van der Waals surface area contributed by atoms with Crippen molar-refractivity contribution in [3.8, 4) is 28.6 Å². The molecule has 0 radical (unpaired) electrons. The molecular weight excluding hydrogens is 471 g/mol. The molecule has 0 aliphatic carbocycles. The number of hydrogen-bond acceptors (Lipinski definition) is 5. The molecule has 0 spiro atoms. The molecule has 2 aliphatic rings. The second-order valence-corrected chi connectivity index (χ2v) is 8.85. The minimum Gasteiger partial charge on any atom is -0.508 e. The van der Waals surface area contributed by atoms with Crippen molar-refractivity contribution in [2.24, 2.45) is 5.73 Å². The third-order valence-electron chi connectivity index (χ3n) is 6.12. The minimum absolute atomic E-state index is 0.159. The Morgan fingerprint density at radius 1 is 1.00 bits per heavy atom. The fourth-order valence-electron chi connectivity index (χ4n) is 4.23. The zero-order chi connectivity index (χ0) is 25.8. The van der Waals surface area contributed by atoms with Gasteiger partial charge in [-0.2, -0.15) is 0 Å². The lowest BCUT2D eigenvalue weighted by atomic mass is 10.1. The van der Waals surface area contributed by atoms with E-state index in [1.807, 2.05) is 30.3 Å². The first kappa shape index (κ1) is 24.3. The smallest absolute Gasteiger partial charge is 0.278 e. The summed E-state index contributed by atoms with van der Waals surface area (Å²) in [5.74, 6) is 0.353. The first-order valence-corrected chi connectivity index (χ1v) is 12.1. The number of nitrogens with zero attached hydrogens (tertiary/aromatic N) is 2. The van der Waals surface area contributed by atoms with Crippen LogP contribution >= 0.6 is 0 Å². The number of fused-ring (bicyclic) bond motifs is 1. The van der Waals surface area contributed by atoms with Crippen molar-refractivity contribution in [1.82, 2.24) is 14.5 Å². The third kappa shape index (κ3) is 5.39. The van der Waals surface area contributed by atoms with E-state index >= 15 is 0 Å². The summed E-state index contributed by atoms with van der Waals surface area (Å²) >= 11 is 0.